The topological polar surface area (TPSA) is 74.7 Å². The minimum atomic E-state index is -1.14. The van der Waals surface area contributed by atoms with Crippen LogP contribution in [0.2, 0.25) is 0 Å². The number of carbonyl (C=O) groups is 1. The second kappa shape index (κ2) is 8.38. The molecule has 0 unspecified atom stereocenters. The third kappa shape index (κ3) is 3.40. The molecule has 0 atom stereocenters. The van der Waals surface area contributed by atoms with Crippen molar-refractivity contribution in [1.29, 1.82) is 5.41 Å². The number of benzene rings is 2. The average molecular weight is 408 g/mol. The van der Waals surface area contributed by atoms with E-state index in [9.17, 15) is 4.79 Å². The maximum absolute atomic E-state index is 14.0. The van der Waals surface area contributed by atoms with Crippen molar-refractivity contribution >= 4 is 11.9 Å². The lowest BCUT2D eigenvalue weighted by Crippen LogP contribution is -2.46. The van der Waals surface area contributed by atoms with E-state index in [0.29, 0.717) is 0 Å². The van der Waals surface area contributed by atoms with Crippen LogP contribution in [0.15, 0.2) is 48.5 Å². The van der Waals surface area contributed by atoms with Crippen LogP contribution in [-0.2, 0) is 10.3 Å². The molecule has 0 bridgehead atoms. The summed E-state index contributed by atoms with van der Waals surface area (Å²) in [6, 6.07) is 15.1. The largest absolute Gasteiger partial charge is 0.497 e. The van der Waals surface area contributed by atoms with E-state index < -0.39 is 5.54 Å². The Hall–Kier alpha value is -3.02. The zero-order chi connectivity index (χ0) is 21.1. The predicted octanol–water partition coefficient (Wildman–Crippen LogP) is 4.04. The summed E-state index contributed by atoms with van der Waals surface area (Å²) in [4.78, 5) is 15.7. The van der Waals surface area contributed by atoms with E-state index >= 15 is 0 Å². The molecule has 1 amide bonds. The van der Waals surface area contributed by atoms with Crippen LogP contribution in [0.1, 0.15) is 49.7 Å². The first kappa shape index (κ1) is 20.3. The van der Waals surface area contributed by atoms with Crippen LogP contribution < -0.4 is 14.8 Å². The van der Waals surface area contributed by atoms with Crippen molar-refractivity contribution in [2.45, 2.75) is 50.1 Å². The van der Waals surface area contributed by atoms with Gasteiger partial charge in [-0.15, -0.1) is 0 Å². The molecule has 1 saturated heterocycles. The number of rotatable bonds is 5. The van der Waals surface area contributed by atoms with Gasteiger partial charge in [-0.3, -0.25) is 15.1 Å². The summed E-state index contributed by atoms with van der Waals surface area (Å²) in [5, 5.41) is 12.0. The second-order valence-corrected chi connectivity index (χ2v) is 8.00. The fourth-order valence-corrected chi connectivity index (χ4v) is 4.68. The quantitative estimate of drug-likeness (QED) is 0.734. The Kier molecular flexibility index (Phi) is 5.66. The summed E-state index contributed by atoms with van der Waals surface area (Å²) >= 11 is 0. The number of ether oxygens (including phenoxy) is 2. The van der Waals surface area contributed by atoms with E-state index in [1.165, 1.54) is 12.8 Å². The lowest BCUT2D eigenvalue weighted by Gasteiger charge is -2.30. The Labute approximate surface area is 177 Å². The minimum Gasteiger partial charge on any atom is -0.497 e. The molecule has 4 rings (SSSR count). The lowest BCUT2D eigenvalue weighted by molar-refractivity contribution is -0.131. The van der Waals surface area contributed by atoms with Crippen molar-refractivity contribution in [2.24, 2.45) is 0 Å². The first-order valence-corrected chi connectivity index (χ1v) is 10.6. The molecule has 0 aromatic heterocycles. The number of guanidine groups is 1. The highest BCUT2D eigenvalue weighted by atomic mass is 16.5. The van der Waals surface area contributed by atoms with Crippen LogP contribution >= 0.6 is 0 Å². The first-order chi connectivity index (χ1) is 14.6. The number of nitrogens with one attached hydrogen (secondary N) is 2. The number of carbonyl (C=O) groups excluding carboxylic acids is 1. The zero-order valence-electron chi connectivity index (χ0n) is 17.6. The highest BCUT2D eigenvalue weighted by molar-refractivity contribution is 6.10. The highest BCUT2D eigenvalue weighted by Gasteiger charge is 2.53. The molecule has 6 nitrogen and oxygen atoms in total. The lowest BCUT2D eigenvalue weighted by atomic mass is 9.82. The van der Waals surface area contributed by atoms with Gasteiger partial charge in [0.05, 0.1) is 14.2 Å². The molecule has 158 valence electrons. The molecule has 2 aromatic carbocycles. The van der Waals surface area contributed by atoms with E-state index in [-0.39, 0.29) is 17.9 Å². The number of methoxy groups -OCH3 is 2. The van der Waals surface area contributed by atoms with E-state index in [1.54, 1.807) is 19.1 Å². The predicted molar refractivity (Wildman–Crippen MR) is 116 cm³/mol. The van der Waals surface area contributed by atoms with E-state index in [1.807, 2.05) is 48.5 Å². The van der Waals surface area contributed by atoms with Crippen LogP contribution in [0, 0.1) is 5.41 Å². The maximum Gasteiger partial charge on any atom is 0.264 e. The van der Waals surface area contributed by atoms with E-state index in [0.717, 1.165) is 48.3 Å². The molecule has 1 aliphatic heterocycles. The average Bonchev–Trinajstić information content (AvgIpc) is 2.95. The van der Waals surface area contributed by atoms with Crippen molar-refractivity contribution in [3.8, 4) is 11.5 Å². The van der Waals surface area contributed by atoms with Gasteiger partial charge in [-0.1, -0.05) is 49.9 Å². The molecule has 1 saturated carbocycles. The molecule has 2 aromatic rings. The summed E-state index contributed by atoms with van der Waals surface area (Å²) in [5.41, 5.74) is 0.445. The minimum absolute atomic E-state index is 0.0679. The van der Waals surface area contributed by atoms with Crippen LogP contribution in [0.4, 0.5) is 0 Å². The van der Waals surface area contributed by atoms with Gasteiger partial charge >= 0.3 is 0 Å². The summed E-state index contributed by atoms with van der Waals surface area (Å²) in [5.74, 6) is 1.54. The Bertz CT molecular complexity index is 853. The second-order valence-electron chi connectivity index (χ2n) is 8.00. The Balaban J connectivity index is 1.80. The van der Waals surface area contributed by atoms with Crippen LogP contribution in [0.3, 0.4) is 0 Å². The fraction of sp³-hybridized carbons (Fsp3) is 0.417. The monoisotopic (exact) mass is 407 g/mol. The normalized spacial score (nSPS) is 19.3. The SMILES string of the molecule is COc1ccc(C2(c3ccc(OC)cc3)NC(=N)N(C3CCCCCC3)C2=O)cc1. The molecule has 2 N–H and O–H groups in total. The van der Waals surface area contributed by atoms with E-state index in [2.05, 4.69) is 5.32 Å². The first-order valence-electron chi connectivity index (χ1n) is 10.6. The van der Waals surface area contributed by atoms with Crippen LogP contribution in [0.25, 0.3) is 0 Å². The van der Waals surface area contributed by atoms with Gasteiger partial charge in [0, 0.05) is 6.04 Å². The number of nitrogens with zero attached hydrogens (tertiary/aromatic N) is 1. The van der Waals surface area contributed by atoms with Gasteiger partial charge in [-0.05, 0) is 48.2 Å². The summed E-state index contributed by atoms with van der Waals surface area (Å²) in [7, 11) is 3.24. The van der Waals surface area contributed by atoms with Gasteiger partial charge in [0.15, 0.2) is 11.5 Å². The molecule has 30 heavy (non-hydrogen) atoms. The molecular weight excluding hydrogens is 378 g/mol. The highest BCUT2D eigenvalue weighted by Crippen LogP contribution is 2.39. The van der Waals surface area contributed by atoms with Crippen molar-refractivity contribution < 1.29 is 14.3 Å². The smallest absolute Gasteiger partial charge is 0.264 e. The van der Waals surface area contributed by atoms with Crippen molar-refractivity contribution in [2.75, 3.05) is 14.2 Å². The molecule has 1 aliphatic carbocycles. The third-order valence-corrected chi connectivity index (χ3v) is 6.32. The Morgan fingerprint density at radius 3 is 1.77 bits per heavy atom. The van der Waals surface area contributed by atoms with Gasteiger partial charge in [0.1, 0.15) is 11.5 Å². The number of hydrogen-bond acceptors (Lipinski definition) is 4. The van der Waals surface area contributed by atoms with Crippen molar-refractivity contribution in [3.05, 3.63) is 59.7 Å². The summed E-state index contributed by atoms with van der Waals surface area (Å²) < 4.78 is 10.6. The van der Waals surface area contributed by atoms with Gasteiger partial charge in [-0.25, -0.2) is 0 Å². The molecule has 2 fully saturated rings. The Morgan fingerprint density at radius 2 is 1.33 bits per heavy atom. The van der Waals surface area contributed by atoms with Crippen molar-refractivity contribution in [1.82, 2.24) is 10.2 Å². The van der Waals surface area contributed by atoms with Gasteiger partial charge in [-0.2, -0.15) is 0 Å². The van der Waals surface area contributed by atoms with Crippen LogP contribution in [-0.4, -0.2) is 37.0 Å². The van der Waals surface area contributed by atoms with Crippen LogP contribution in [0.5, 0.6) is 11.5 Å². The number of amides is 1. The molecular formula is C24H29N3O3. The fourth-order valence-electron chi connectivity index (χ4n) is 4.68. The Morgan fingerprint density at radius 1 is 0.867 bits per heavy atom. The third-order valence-electron chi connectivity index (χ3n) is 6.32. The zero-order valence-corrected chi connectivity index (χ0v) is 17.6. The standard InChI is InChI=1S/C24H29N3O3/c1-29-20-13-9-17(10-14-20)24(18-11-15-21(30-2)16-12-18)22(28)27(23(25)26-24)19-7-5-3-4-6-8-19/h9-16,19H,3-8H2,1-2H3,(H2,25,26). The number of hydrogen-bond donors (Lipinski definition) is 2. The molecule has 0 spiro atoms. The van der Waals surface area contributed by atoms with E-state index in [4.69, 9.17) is 14.9 Å². The molecule has 6 heteroatoms. The van der Waals surface area contributed by atoms with Gasteiger partial charge in [0.25, 0.3) is 5.91 Å². The molecule has 1 heterocycles. The maximum atomic E-state index is 14.0. The van der Waals surface area contributed by atoms with Gasteiger partial charge < -0.3 is 14.8 Å². The van der Waals surface area contributed by atoms with Gasteiger partial charge in [0.2, 0.25) is 0 Å². The summed E-state index contributed by atoms with van der Waals surface area (Å²) in [6.07, 6.45) is 6.47. The molecule has 2 aliphatic rings. The van der Waals surface area contributed by atoms with Crippen molar-refractivity contribution in [3.63, 3.8) is 0 Å². The summed E-state index contributed by atoms with van der Waals surface area (Å²) in [6.45, 7) is 0. The molecule has 0 radical (unpaired) electrons.